The summed E-state index contributed by atoms with van der Waals surface area (Å²) in [5.74, 6) is 0. The monoisotopic (exact) mass is 912 g/mol. The maximum atomic E-state index is 5.60. The van der Waals surface area contributed by atoms with Crippen LogP contribution in [-0.2, 0) is 26.2 Å². The predicted octanol–water partition coefficient (Wildman–Crippen LogP) is 7.74. The number of fused-ring (bicyclic) bond motifs is 4. The van der Waals surface area contributed by atoms with Gasteiger partial charge in [-0.25, -0.2) is 0 Å². The number of hydrogen-bond acceptors (Lipinski definition) is 4. The third kappa shape index (κ3) is 6.26. The van der Waals surface area contributed by atoms with Gasteiger partial charge in [-0.2, -0.15) is 0 Å². The Bertz CT molecular complexity index is 2170. The van der Waals surface area contributed by atoms with Gasteiger partial charge in [-0.05, 0) is 0 Å². The summed E-state index contributed by atoms with van der Waals surface area (Å²) in [7, 11) is 0. The first-order valence-electron chi connectivity index (χ1n) is 13.8. The molecule has 220 valence electrons. The average molecular weight is 909 g/mol. The van der Waals surface area contributed by atoms with Gasteiger partial charge in [-0.1, -0.05) is 0 Å². The van der Waals surface area contributed by atoms with Crippen LogP contribution in [0.3, 0.4) is 0 Å². The van der Waals surface area contributed by atoms with Crippen molar-refractivity contribution >= 4 is 146 Å². The summed E-state index contributed by atoms with van der Waals surface area (Å²) >= 11 is 23.6. The Balaban J connectivity index is 0.000000142. The molecular formula is C32H24N4S4Se4. The van der Waals surface area contributed by atoms with Crippen LogP contribution in [0.5, 0.6) is 0 Å². The fourth-order valence-corrected chi connectivity index (χ4v) is 15.6. The van der Waals surface area contributed by atoms with Gasteiger partial charge < -0.3 is 0 Å². The van der Waals surface area contributed by atoms with E-state index in [9.17, 15) is 0 Å². The van der Waals surface area contributed by atoms with Crippen molar-refractivity contribution in [3.63, 3.8) is 0 Å². The van der Waals surface area contributed by atoms with E-state index in [1.54, 1.807) is 0 Å². The molecule has 4 aromatic heterocycles. The summed E-state index contributed by atoms with van der Waals surface area (Å²) in [6.07, 6.45) is 0. The normalized spacial score (nSPS) is 11.5. The van der Waals surface area contributed by atoms with Gasteiger partial charge in [0.25, 0.3) is 0 Å². The van der Waals surface area contributed by atoms with E-state index in [0.29, 0.717) is 58.0 Å². The van der Waals surface area contributed by atoms with Crippen LogP contribution in [0.4, 0.5) is 0 Å². The fraction of sp³-hybridized carbons (Fsp3) is 0.125. The molecule has 0 aliphatic heterocycles. The van der Waals surface area contributed by atoms with Gasteiger partial charge in [0.05, 0.1) is 0 Å². The van der Waals surface area contributed by atoms with Crippen molar-refractivity contribution in [2.45, 2.75) is 26.2 Å². The van der Waals surface area contributed by atoms with E-state index < -0.39 is 0 Å². The molecular weight excluding hydrogens is 884 g/mol. The number of nitrogens with zero attached hydrogens (tertiary/aromatic N) is 4. The van der Waals surface area contributed by atoms with Crippen molar-refractivity contribution in [1.82, 2.24) is 18.3 Å². The number of aromatic nitrogens is 4. The summed E-state index contributed by atoms with van der Waals surface area (Å²) < 4.78 is 19.1. The van der Waals surface area contributed by atoms with Gasteiger partial charge in [-0.15, -0.1) is 0 Å². The summed E-state index contributed by atoms with van der Waals surface area (Å²) in [6, 6.07) is 34.2. The minimum atomic E-state index is 0.291. The van der Waals surface area contributed by atoms with E-state index >= 15 is 0 Å². The van der Waals surface area contributed by atoms with Gasteiger partial charge in [0, 0.05) is 0 Å². The third-order valence-electron chi connectivity index (χ3n) is 7.39. The molecule has 8 aromatic rings. The number of hydrogen-bond donors (Lipinski definition) is 0. The Hall–Kier alpha value is -1.48. The second-order valence-electron chi connectivity index (χ2n) is 9.95. The number of benzene rings is 4. The zero-order chi connectivity index (χ0) is 30.2. The molecule has 0 saturated carbocycles. The van der Waals surface area contributed by atoms with E-state index in [2.05, 4.69) is 115 Å². The summed E-state index contributed by atoms with van der Waals surface area (Å²) in [5, 5.41) is 0. The zero-order valence-electron chi connectivity index (χ0n) is 23.1. The van der Waals surface area contributed by atoms with Crippen LogP contribution in [0, 0.1) is 14.1 Å². The fourth-order valence-electron chi connectivity index (χ4n) is 5.30. The third-order valence-corrected chi connectivity index (χ3v) is 18.1. The molecule has 8 rings (SSSR count). The Morgan fingerprint density at radius 3 is 0.773 bits per heavy atom. The molecule has 4 aromatic carbocycles. The summed E-state index contributed by atoms with van der Waals surface area (Å²) in [5.41, 5.74) is 5.15. The Morgan fingerprint density at radius 2 is 0.545 bits per heavy atom. The van der Waals surface area contributed by atoms with Gasteiger partial charge in [-0.3, -0.25) is 0 Å². The first-order chi connectivity index (χ1) is 21.5. The topological polar surface area (TPSA) is 19.7 Å². The van der Waals surface area contributed by atoms with E-state index in [-0.39, 0.29) is 0 Å². The predicted molar refractivity (Wildman–Crippen MR) is 199 cm³/mol. The zero-order valence-corrected chi connectivity index (χ0v) is 33.2. The minimum absolute atomic E-state index is 0.291. The van der Waals surface area contributed by atoms with Crippen molar-refractivity contribution < 1.29 is 0 Å². The van der Waals surface area contributed by atoms with Gasteiger partial charge in [0.15, 0.2) is 0 Å². The summed E-state index contributed by atoms with van der Waals surface area (Å²) in [4.78, 5) is 0. The second kappa shape index (κ2) is 13.7. The SMILES string of the molecule is S=c1[se]c2ccccc2n1CCn1c(=S)[se]c2ccccc21.S=c1[se]c2ccccc2n1CCn1c(=S)[se]c2ccccc21. The van der Waals surface area contributed by atoms with Gasteiger partial charge in [0.1, 0.15) is 0 Å². The summed E-state index contributed by atoms with van der Waals surface area (Å²) in [6.45, 7) is 3.62. The van der Waals surface area contributed by atoms with Crippen LogP contribution < -0.4 is 0 Å². The Labute approximate surface area is 298 Å². The molecule has 0 amide bonds. The molecule has 0 fully saturated rings. The molecule has 4 nitrogen and oxygen atoms in total. The van der Waals surface area contributed by atoms with Crippen LogP contribution in [0.2, 0.25) is 0 Å². The molecule has 0 aliphatic rings. The Kier molecular flexibility index (Phi) is 9.70. The van der Waals surface area contributed by atoms with Crippen LogP contribution in [-0.4, -0.2) is 76.3 Å². The van der Waals surface area contributed by atoms with E-state index in [4.69, 9.17) is 48.9 Å². The molecule has 0 saturated heterocycles. The van der Waals surface area contributed by atoms with Crippen molar-refractivity contribution in [2.24, 2.45) is 0 Å². The molecule has 4 heterocycles. The first kappa shape index (κ1) is 31.1. The van der Waals surface area contributed by atoms with Crippen LogP contribution in [0.25, 0.3) is 39.1 Å². The van der Waals surface area contributed by atoms with Crippen molar-refractivity contribution in [2.75, 3.05) is 0 Å². The van der Waals surface area contributed by atoms with Crippen LogP contribution in [0.1, 0.15) is 0 Å². The molecule has 0 bridgehead atoms. The quantitative estimate of drug-likeness (QED) is 0.126. The average Bonchev–Trinajstić information content (AvgIpc) is 3.74. The Morgan fingerprint density at radius 1 is 0.341 bits per heavy atom. The van der Waals surface area contributed by atoms with Gasteiger partial charge in [0.2, 0.25) is 0 Å². The second-order valence-corrected chi connectivity index (χ2v) is 22.5. The van der Waals surface area contributed by atoms with Crippen molar-refractivity contribution in [1.29, 1.82) is 0 Å². The molecule has 0 aliphatic carbocycles. The van der Waals surface area contributed by atoms with E-state index in [0.717, 1.165) is 40.2 Å². The molecule has 0 spiro atoms. The van der Waals surface area contributed by atoms with Crippen LogP contribution >= 0.6 is 48.9 Å². The van der Waals surface area contributed by atoms with Crippen LogP contribution in [0.15, 0.2) is 97.1 Å². The van der Waals surface area contributed by atoms with Crippen molar-refractivity contribution in [3.05, 3.63) is 111 Å². The number of aryl methyl sites for hydroxylation is 4. The van der Waals surface area contributed by atoms with Crippen molar-refractivity contribution in [3.8, 4) is 0 Å². The molecule has 0 atom stereocenters. The number of rotatable bonds is 6. The molecule has 0 unspecified atom stereocenters. The van der Waals surface area contributed by atoms with E-state index in [1.807, 2.05) is 0 Å². The molecule has 0 N–H and O–H groups in total. The molecule has 12 heteroatoms. The molecule has 0 radical (unpaired) electrons. The maximum absolute atomic E-state index is 5.60. The molecule has 44 heavy (non-hydrogen) atoms. The van der Waals surface area contributed by atoms with E-state index in [1.165, 1.54) is 39.1 Å². The van der Waals surface area contributed by atoms with Gasteiger partial charge >= 0.3 is 302 Å². The first-order valence-corrected chi connectivity index (χ1v) is 22.3. The standard InChI is InChI=1S/2C16H12N2S2Se2/c2*19-15-17(11-5-1-3-7-13(11)21-15)9-10-18-12-6-2-4-8-14(12)22-16(18)20/h2*1-8H,9-10H2. The number of para-hydroxylation sites is 4.